The van der Waals surface area contributed by atoms with Crippen LogP contribution in [-0.2, 0) is 16.1 Å². The quantitative estimate of drug-likeness (QED) is 0.354. The van der Waals surface area contributed by atoms with E-state index in [4.69, 9.17) is 4.74 Å². The highest BCUT2D eigenvalue weighted by molar-refractivity contribution is 5.81. The van der Waals surface area contributed by atoms with Crippen LogP contribution >= 0.6 is 0 Å². The smallest absolute Gasteiger partial charge is 0.410 e. The van der Waals surface area contributed by atoms with Crippen LogP contribution in [0.15, 0.2) is 84.0 Å². The van der Waals surface area contributed by atoms with Crippen molar-refractivity contribution in [2.24, 2.45) is 5.92 Å². The van der Waals surface area contributed by atoms with E-state index in [9.17, 15) is 19.5 Å². The molecule has 2 aliphatic rings. The van der Waals surface area contributed by atoms with E-state index in [1.54, 1.807) is 11.0 Å². The number of para-hydroxylation sites is 1. The maximum atomic E-state index is 14.0. The first-order chi connectivity index (χ1) is 21.5. The van der Waals surface area contributed by atoms with Gasteiger partial charge in [0.25, 0.3) is 5.56 Å². The summed E-state index contributed by atoms with van der Waals surface area (Å²) in [4.78, 5) is 48.4. The lowest BCUT2D eigenvalue weighted by Crippen LogP contribution is -2.53. The third-order valence-corrected chi connectivity index (χ3v) is 8.98. The van der Waals surface area contributed by atoms with Crippen molar-refractivity contribution in [1.82, 2.24) is 23.9 Å². The summed E-state index contributed by atoms with van der Waals surface area (Å²) in [6, 6.07) is 21.3. The van der Waals surface area contributed by atoms with Gasteiger partial charge >= 0.3 is 6.09 Å². The number of aromatic nitrogens is 3. The number of aliphatic hydroxyl groups is 1. The van der Waals surface area contributed by atoms with Crippen LogP contribution in [-0.4, -0.2) is 78.4 Å². The molecule has 4 aromatic rings. The summed E-state index contributed by atoms with van der Waals surface area (Å²) >= 11 is 0. The lowest BCUT2D eigenvalue weighted by atomic mass is 9.79. The molecule has 10 heteroatoms. The van der Waals surface area contributed by atoms with Crippen molar-refractivity contribution in [2.75, 3.05) is 26.2 Å². The van der Waals surface area contributed by atoms with Gasteiger partial charge in [0, 0.05) is 49.9 Å². The standard InChI is InChI=1S/C35H41N5O5/c1-34(2,3)45-33(43)38-18-14-27(29(22-38)25-10-6-4-7-11-25)31(41)37-20-16-35(44,17-21-37)23-39-24-36-30-28(32(39)42)15-19-40(30)26-12-8-5-9-13-26/h4-13,15,19,24,27,29,44H,14,16-18,20-23H2,1-3H3/t27-,29+/m1/s1. The molecule has 10 nitrogen and oxygen atoms in total. The fourth-order valence-electron chi connectivity index (χ4n) is 6.59. The third kappa shape index (κ3) is 6.51. The highest BCUT2D eigenvalue weighted by Crippen LogP contribution is 2.36. The summed E-state index contributed by atoms with van der Waals surface area (Å²) in [5.41, 5.74) is 0.552. The molecule has 2 aromatic heterocycles. The van der Waals surface area contributed by atoms with Gasteiger partial charge in [-0.25, -0.2) is 9.78 Å². The van der Waals surface area contributed by atoms with Gasteiger partial charge in [-0.15, -0.1) is 0 Å². The molecule has 2 aliphatic heterocycles. The molecular weight excluding hydrogens is 570 g/mol. The average Bonchev–Trinajstić information content (AvgIpc) is 3.47. The molecule has 2 amide bonds. The number of hydrogen-bond donors (Lipinski definition) is 1. The van der Waals surface area contributed by atoms with E-state index in [1.165, 1.54) is 10.9 Å². The maximum Gasteiger partial charge on any atom is 0.410 e. The van der Waals surface area contributed by atoms with Crippen molar-refractivity contribution >= 4 is 23.0 Å². The molecule has 0 aliphatic carbocycles. The van der Waals surface area contributed by atoms with Crippen LogP contribution in [0.1, 0.15) is 51.5 Å². The molecule has 0 unspecified atom stereocenters. The number of rotatable bonds is 5. The highest BCUT2D eigenvalue weighted by atomic mass is 16.6. The third-order valence-electron chi connectivity index (χ3n) is 8.98. The Morgan fingerprint density at radius 3 is 2.29 bits per heavy atom. The summed E-state index contributed by atoms with van der Waals surface area (Å²) in [5.74, 6) is -0.419. The van der Waals surface area contributed by atoms with Crippen molar-refractivity contribution < 1.29 is 19.4 Å². The Morgan fingerprint density at radius 1 is 0.956 bits per heavy atom. The van der Waals surface area contributed by atoms with Gasteiger partial charge in [0.15, 0.2) is 5.65 Å². The molecule has 6 rings (SSSR count). The lowest BCUT2D eigenvalue weighted by molar-refractivity contribution is -0.142. The molecule has 0 spiro atoms. The second kappa shape index (κ2) is 12.2. The topological polar surface area (TPSA) is 110 Å². The molecule has 2 saturated heterocycles. The van der Waals surface area contributed by atoms with E-state index in [0.29, 0.717) is 56.5 Å². The van der Waals surface area contributed by atoms with Gasteiger partial charge in [0.1, 0.15) is 11.9 Å². The van der Waals surface area contributed by atoms with E-state index >= 15 is 0 Å². The van der Waals surface area contributed by atoms with E-state index in [2.05, 4.69) is 4.98 Å². The van der Waals surface area contributed by atoms with Crippen LogP contribution in [0.2, 0.25) is 0 Å². The van der Waals surface area contributed by atoms with Crippen molar-refractivity contribution in [3.8, 4) is 5.69 Å². The van der Waals surface area contributed by atoms with Gasteiger partial charge in [-0.1, -0.05) is 48.5 Å². The Balaban J connectivity index is 1.13. The number of ether oxygens (including phenoxy) is 1. The van der Waals surface area contributed by atoms with Gasteiger partial charge < -0.3 is 24.2 Å². The van der Waals surface area contributed by atoms with E-state index < -0.39 is 11.2 Å². The van der Waals surface area contributed by atoms with Crippen molar-refractivity contribution in [3.05, 3.63) is 95.2 Å². The molecule has 45 heavy (non-hydrogen) atoms. The van der Waals surface area contributed by atoms with Gasteiger partial charge in [-0.3, -0.25) is 14.2 Å². The zero-order chi connectivity index (χ0) is 31.8. The Morgan fingerprint density at radius 2 is 1.62 bits per heavy atom. The number of benzene rings is 2. The van der Waals surface area contributed by atoms with Crippen molar-refractivity contribution in [2.45, 2.75) is 63.7 Å². The Kier molecular flexibility index (Phi) is 8.26. The second-order valence-electron chi connectivity index (χ2n) is 13.3. The molecule has 2 aromatic carbocycles. The minimum absolute atomic E-state index is 0.0391. The highest BCUT2D eigenvalue weighted by Gasteiger charge is 2.42. The molecule has 1 N–H and O–H groups in total. The number of carbonyl (C=O) groups excluding carboxylic acids is 2. The Bertz CT molecular complexity index is 1720. The van der Waals surface area contributed by atoms with Crippen LogP contribution in [0.25, 0.3) is 16.7 Å². The maximum absolute atomic E-state index is 14.0. The number of carbonyl (C=O) groups is 2. The first-order valence-corrected chi connectivity index (χ1v) is 15.7. The second-order valence-corrected chi connectivity index (χ2v) is 13.3. The normalized spacial score (nSPS) is 20.3. The zero-order valence-corrected chi connectivity index (χ0v) is 26.1. The number of fused-ring (bicyclic) bond motifs is 1. The van der Waals surface area contributed by atoms with E-state index in [0.717, 1.165) is 11.3 Å². The predicted molar refractivity (Wildman–Crippen MR) is 171 cm³/mol. The number of piperidine rings is 2. The van der Waals surface area contributed by atoms with Crippen molar-refractivity contribution in [3.63, 3.8) is 0 Å². The predicted octanol–water partition coefficient (Wildman–Crippen LogP) is 4.58. The fraction of sp³-hybridized carbons (Fsp3) is 0.429. The molecule has 236 valence electrons. The average molecular weight is 612 g/mol. The van der Waals surface area contributed by atoms with Crippen molar-refractivity contribution in [1.29, 1.82) is 0 Å². The van der Waals surface area contributed by atoms with Crippen LogP contribution in [0, 0.1) is 5.92 Å². The fourth-order valence-corrected chi connectivity index (χ4v) is 6.59. The molecular formula is C35H41N5O5. The lowest BCUT2D eigenvalue weighted by Gasteiger charge is -2.43. The number of amides is 2. The van der Waals surface area contributed by atoms with Crippen LogP contribution < -0.4 is 5.56 Å². The molecule has 4 heterocycles. The van der Waals surface area contributed by atoms with E-state index in [-0.39, 0.29) is 35.9 Å². The first-order valence-electron chi connectivity index (χ1n) is 15.7. The monoisotopic (exact) mass is 611 g/mol. The zero-order valence-electron chi connectivity index (χ0n) is 26.1. The molecule has 0 radical (unpaired) electrons. The number of nitrogens with zero attached hydrogens (tertiary/aromatic N) is 5. The van der Waals surface area contributed by atoms with Gasteiger partial charge in [0.05, 0.1) is 17.5 Å². The minimum Gasteiger partial charge on any atom is -0.444 e. The summed E-state index contributed by atoms with van der Waals surface area (Å²) in [7, 11) is 0. The first kappa shape index (κ1) is 30.6. The molecule has 2 atom stereocenters. The Labute approximate surface area is 262 Å². The summed E-state index contributed by atoms with van der Waals surface area (Å²) in [5, 5.41) is 12.0. The minimum atomic E-state index is -1.14. The summed E-state index contributed by atoms with van der Waals surface area (Å²) in [6.45, 7) is 7.27. The largest absolute Gasteiger partial charge is 0.444 e. The Hall–Kier alpha value is -4.44. The number of likely N-dealkylation sites (tertiary alicyclic amines) is 2. The summed E-state index contributed by atoms with van der Waals surface area (Å²) < 4.78 is 8.99. The van der Waals surface area contributed by atoms with Crippen LogP contribution in [0.4, 0.5) is 4.79 Å². The molecule has 0 saturated carbocycles. The molecule has 2 fully saturated rings. The molecule has 0 bridgehead atoms. The van der Waals surface area contributed by atoms with E-state index in [1.807, 2.05) is 97.1 Å². The van der Waals surface area contributed by atoms with Gasteiger partial charge in [-0.05, 0) is 63.8 Å². The SMILES string of the molecule is CC(C)(C)OC(=O)N1CC[C@@H](C(=O)N2CCC(O)(Cn3cnc4c(ccn4-c4ccccc4)c3=O)CC2)[C@H](c2ccccc2)C1. The number of hydrogen-bond acceptors (Lipinski definition) is 6. The van der Waals surface area contributed by atoms with Crippen LogP contribution in [0.3, 0.4) is 0 Å². The van der Waals surface area contributed by atoms with Gasteiger partial charge in [0.2, 0.25) is 5.91 Å². The summed E-state index contributed by atoms with van der Waals surface area (Å²) in [6.07, 6.45) is 4.20. The van der Waals surface area contributed by atoms with Crippen LogP contribution in [0.5, 0.6) is 0 Å². The van der Waals surface area contributed by atoms with Gasteiger partial charge in [-0.2, -0.15) is 0 Å².